The van der Waals surface area contributed by atoms with E-state index in [2.05, 4.69) is 18.8 Å². The number of aryl methyl sites for hydroxylation is 1. The van der Waals surface area contributed by atoms with Gasteiger partial charge in [0, 0.05) is 5.56 Å². The van der Waals surface area contributed by atoms with Gasteiger partial charge in [-0.15, -0.1) is 0 Å². The number of rotatable bonds is 0. The quantitative estimate of drug-likeness (QED) is 0.602. The molecule has 0 saturated heterocycles. The third-order valence-electron chi connectivity index (χ3n) is 1.39. The van der Waals surface area contributed by atoms with Gasteiger partial charge in [-0.05, 0) is 19.1 Å². The Kier molecular flexibility index (Phi) is 6.68. The van der Waals surface area contributed by atoms with Crippen molar-refractivity contribution < 1.29 is 0 Å². The largest absolute Gasteiger partial charge is 0.320 e. The van der Waals surface area contributed by atoms with Crippen LogP contribution < -0.4 is 5.73 Å². The Morgan fingerprint density at radius 2 is 1.69 bits per heavy atom. The third-order valence-corrected chi connectivity index (χ3v) is 1.39. The maximum Gasteiger partial charge on any atom is 0.0555 e. The van der Waals surface area contributed by atoms with Gasteiger partial charge < -0.3 is 5.73 Å². The molecule has 2 N–H and O–H groups in total. The fourth-order valence-corrected chi connectivity index (χ4v) is 0.790. The van der Waals surface area contributed by atoms with Gasteiger partial charge in [0.2, 0.25) is 0 Å². The smallest absolute Gasteiger partial charge is 0.0555 e. The van der Waals surface area contributed by atoms with Crippen LogP contribution in [0.25, 0.3) is 0 Å². The highest BCUT2D eigenvalue weighted by Crippen LogP contribution is 2.00. The number of hydrogen-bond donors (Lipinski definition) is 1. The van der Waals surface area contributed by atoms with E-state index in [4.69, 9.17) is 5.73 Å². The van der Waals surface area contributed by atoms with Crippen molar-refractivity contribution in [3.63, 3.8) is 0 Å². The summed E-state index contributed by atoms with van der Waals surface area (Å²) in [5, 5.41) is 0. The van der Waals surface area contributed by atoms with Crippen molar-refractivity contribution in [2.75, 3.05) is 6.54 Å². The van der Waals surface area contributed by atoms with Crippen LogP contribution in [0.4, 0.5) is 0 Å². The minimum absolute atomic E-state index is 0.424. The molecule has 0 unspecified atom stereocenters. The summed E-state index contributed by atoms with van der Waals surface area (Å²) in [4.78, 5) is 0. The zero-order valence-corrected chi connectivity index (χ0v) is 8.59. The van der Waals surface area contributed by atoms with Crippen molar-refractivity contribution in [1.29, 1.82) is 0 Å². The predicted octanol–water partition coefficient (Wildman–Crippen LogP) is 2.33. The monoisotopic (exact) mass is 175 g/mol. The van der Waals surface area contributed by atoms with Crippen LogP contribution in [0, 0.1) is 18.8 Å². The first-order valence-corrected chi connectivity index (χ1v) is 4.58. The Morgan fingerprint density at radius 1 is 1.15 bits per heavy atom. The van der Waals surface area contributed by atoms with Gasteiger partial charge in [-0.1, -0.05) is 43.4 Å². The molecule has 1 aromatic carbocycles. The zero-order valence-electron chi connectivity index (χ0n) is 8.59. The van der Waals surface area contributed by atoms with E-state index in [0.29, 0.717) is 6.54 Å². The Bertz CT molecular complexity index is 274. The standard InChI is InChI=1S/C10H11N.C2H6/c1-9-4-6-10(7-5-9)3-2-8-11;1-2/h4-7H,8,11H2,1H3;1-2H3. The normalized spacial score (nSPS) is 7.69. The van der Waals surface area contributed by atoms with Crippen LogP contribution in [-0.4, -0.2) is 6.54 Å². The molecule has 0 bridgehead atoms. The molecule has 0 aromatic heterocycles. The molecule has 70 valence electrons. The van der Waals surface area contributed by atoms with E-state index < -0.39 is 0 Å². The Morgan fingerprint density at radius 3 is 2.15 bits per heavy atom. The maximum absolute atomic E-state index is 5.23. The van der Waals surface area contributed by atoms with E-state index in [-0.39, 0.29) is 0 Å². The molecular weight excluding hydrogens is 158 g/mol. The number of hydrogen-bond acceptors (Lipinski definition) is 1. The molecule has 0 spiro atoms. The van der Waals surface area contributed by atoms with Gasteiger partial charge in [-0.3, -0.25) is 0 Å². The van der Waals surface area contributed by atoms with E-state index in [9.17, 15) is 0 Å². The van der Waals surface area contributed by atoms with Crippen molar-refractivity contribution in [1.82, 2.24) is 0 Å². The van der Waals surface area contributed by atoms with Crippen LogP contribution >= 0.6 is 0 Å². The summed E-state index contributed by atoms with van der Waals surface area (Å²) in [6.07, 6.45) is 0. The summed E-state index contributed by atoms with van der Waals surface area (Å²) in [6, 6.07) is 8.08. The van der Waals surface area contributed by atoms with E-state index in [0.717, 1.165) is 5.56 Å². The highest BCUT2D eigenvalue weighted by Gasteiger charge is 1.83. The highest BCUT2D eigenvalue weighted by molar-refractivity contribution is 5.35. The van der Waals surface area contributed by atoms with Crippen LogP contribution in [0.5, 0.6) is 0 Å². The van der Waals surface area contributed by atoms with Crippen LogP contribution in [0.15, 0.2) is 24.3 Å². The van der Waals surface area contributed by atoms with E-state index in [1.807, 2.05) is 38.1 Å². The molecule has 13 heavy (non-hydrogen) atoms. The summed E-state index contributed by atoms with van der Waals surface area (Å²) < 4.78 is 0. The molecular formula is C12H17N. The summed E-state index contributed by atoms with van der Waals surface area (Å²) in [7, 11) is 0. The minimum atomic E-state index is 0.424. The Hall–Kier alpha value is -1.26. The van der Waals surface area contributed by atoms with Gasteiger partial charge in [0.15, 0.2) is 0 Å². The summed E-state index contributed by atoms with van der Waals surface area (Å²) in [5.41, 5.74) is 7.51. The minimum Gasteiger partial charge on any atom is -0.320 e. The van der Waals surface area contributed by atoms with Gasteiger partial charge in [0.25, 0.3) is 0 Å². The van der Waals surface area contributed by atoms with Crippen LogP contribution in [-0.2, 0) is 0 Å². The molecule has 1 aromatic rings. The average Bonchev–Trinajstić information content (AvgIpc) is 2.20. The van der Waals surface area contributed by atoms with Gasteiger partial charge >= 0.3 is 0 Å². The highest BCUT2D eigenvalue weighted by atomic mass is 14.5. The lowest BCUT2D eigenvalue weighted by molar-refractivity contribution is 1.30. The van der Waals surface area contributed by atoms with Crippen LogP contribution in [0.3, 0.4) is 0 Å². The lowest BCUT2D eigenvalue weighted by atomic mass is 10.2. The third kappa shape index (κ3) is 5.05. The fraction of sp³-hybridized carbons (Fsp3) is 0.333. The van der Waals surface area contributed by atoms with E-state index in [1.54, 1.807) is 0 Å². The fourth-order valence-electron chi connectivity index (χ4n) is 0.790. The molecule has 0 amide bonds. The van der Waals surface area contributed by atoms with Crippen molar-refractivity contribution in [3.8, 4) is 11.8 Å². The van der Waals surface area contributed by atoms with Crippen molar-refractivity contribution in [3.05, 3.63) is 35.4 Å². The van der Waals surface area contributed by atoms with E-state index in [1.165, 1.54) is 5.56 Å². The van der Waals surface area contributed by atoms with Crippen LogP contribution in [0.2, 0.25) is 0 Å². The zero-order chi connectivity index (χ0) is 10.1. The number of benzene rings is 1. The summed E-state index contributed by atoms with van der Waals surface area (Å²) in [6.45, 7) is 6.48. The molecule has 1 nitrogen and oxygen atoms in total. The average molecular weight is 175 g/mol. The Labute approximate surface area is 81.0 Å². The van der Waals surface area contributed by atoms with Crippen molar-refractivity contribution >= 4 is 0 Å². The molecule has 0 saturated carbocycles. The molecule has 0 aliphatic rings. The molecule has 1 rings (SSSR count). The topological polar surface area (TPSA) is 26.0 Å². The second-order valence-electron chi connectivity index (χ2n) is 2.37. The van der Waals surface area contributed by atoms with Crippen molar-refractivity contribution in [2.45, 2.75) is 20.8 Å². The second kappa shape index (κ2) is 7.39. The van der Waals surface area contributed by atoms with Crippen LogP contribution in [0.1, 0.15) is 25.0 Å². The molecule has 0 aliphatic carbocycles. The first-order chi connectivity index (χ1) is 6.33. The van der Waals surface area contributed by atoms with Crippen molar-refractivity contribution in [2.24, 2.45) is 5.73 Å². The first kappa shape index (κ1) is 11.7. The van der Waals surface area contributed by atoms with Gasteiger partial charge in [0.1, 0.15) is 0 Å². The maximum atomic E-state index is 5.23. The Balaban J connectivity index is 0.000000671. The molecule has 0 atom stereocenters. The lowest BCUT2D eigenvalue weighted by Crippen LogP contribution is -1.92. The van der Waals surface area contributed by atoms with Gasteiger partial charge in [-0.2, -0.15) is 0 Å². The second-order valence-corrected chi connectivity index (χ2v) is 2.37. The molecule has 0 heterocycles. The molecule has 1 heteroatoms. The number of nitrogens with two attached hydrogens (primary N) is 1. The molecule has 0 aliphatic heterocycles. The van der Waals surface area contributed by atoms with Gasteiger partial charge in [0.05, 0.1) is 6.54 Å². The molecule has 0 fully saturated rings. The molecule has 0 radical (unpaired) electrons. The van der Waals surface area contributed by atoms with E-state index >= 15 is 0 Å². The van der Waals surface area contributed by atoms with Gasteiger partial charge in [-0.25, -0.2) is 0 Å². The first-order valence-electron chi connectivity index (χ1n) is 4.58. The summed E-state index contributed by atoms with van der Waals surface area (Å²) >= 11 is 0. The predicted molar refractivity (Wildman–Crippen MR) is 58.5 cm³/mol. The SMILES string of the molecule is CC.Cc1ccc(C#CCN)cc1. The summed E-state index contributed by atoms with van der Waals surface area (Å²) in [5.74, 6) is 5.76. The lowest BCUT2D eigenvalue weighted by Gasteiger charge is -1.90.